The molecular weight excluding hydrogens is 883 g/mol. The van der Waals surface area contributed by atoms with Crippen LogP contribution in [0.1, 0.15) is 27.9 Å². The Morgan fingerprint density at radius 1 is 0.939 bits per heavy atom. The maximum Gasteiger partial charge on any atom is 0.345 e. The number of thiophene rings is 1. The zero-order chi connectivity index (χ0) is 45.4. The smallest absolute Gasteiger partial charge is 0.345 e. The zero-order valence-electron chi connectivity index (χ0n) is 36.3. The standard InChI is InChI=1S/C50H46ClFN6O7S/c1-30-37-13-10-33(44(30)51)24-57(26-50(27-63-28-50)58-17-19-62-20-18-58)23-31-7-14-39(64-25-36-15-16-53-46(56-36)38-5-3-4-6-40(38)61-2)34(21-31)22-41(49(59)60)65-47-43-42(37)45(66-48(43)55-29-54-47)32-8-11-35(52)12-9-32/h3-16,21,29,41H,17-20,22-28H2,1-2H3,(H,59,60). The molecule has 3 aromatic heterocycles. The fraction of sp³-hybridized carbons (Fsp3) is 0.300. The molecule has 0 saturated carbocycles. The Morgan fingerprint density at radius 2 is 1.76 bits per heavy atom. The van der Waals surface area contributed by atoms with Gasteiger partial charge in [0.25, 0.3) is 0 Å². The van der Waals surface area contributed by atoms with E-state index < -0.39 is 12.1 Å². The van der Waals surface area contributed by atoms with Crippen LogP contribution in [-0.2, 0) is 40.4 Å². The van der Waals surface area contributed by atoms with Crippen molar-refractivity contribution in [3.8, 4) is 50.3 Å². The van der Waals surface area contributed by atoms with Crippen molar-refractivity contribution in [3.63, 3.8) is 0 Å². The minimum Gasteiger partial charge on any atom is -0.496 e. The summed E-state index contributed by atoms with van der Waals surface area (Å²) in [6, 6.07) is 25.6. The number of aromatic nitrogens is 4. The fourth-order valence-corrected chi connectivity index (χ4v) is 10.5. The van der Waals surface area contributed by atoms with Crippen molar-refractivity contribution in [2.45, 2.75) is 44.7 Å². The Hall–Kier alpha value is -6.07. The molecule has 2 fully saturated rings. The molecule has 1 unspecified atom stereocenters. The number of para-hydroxylation sites is 1. The summed E-state index contributed by atoms with van der Waals surface area (Å²) in [6.45, 7) is 7.90. The van der Waals surface area contributed by atoms with Crippen molar-refractivity contribution in [2.24, 2.45) is 0 Å². The van der Waals surface area contributed by atoms with Crippen LogP contribution in [0.4, 0.5) is 4.39 Å². The summed E-state index contributed by atoms with van der Waals surface area (Å²) in [5.74, 6) is 0.159. The molecule has 0 radical (unpaired) electrons. The third-order valence-corrected chi connectivity index (χ3v) is 14.2. The molecule has 66 heavy (non-hydrogen) atoms. The van der Waals surface area contributed by atoms with Gasteiger partial charge in [-0.3, -0.25) is 9.80 Å². The average Bonchev–Trinajstić information content (AvgIpc) is 3.71. The number of halogens is 2. The molecule has 4 aliphatic rings. The molecule has 7 aromatic rings. The van der Waals surface area contributed by atoms with Crippen molar-refractivity contribution < 1.29 is 38.0 Å². The molecule has 16 heteroatoms. The maximum absolute atomic E-state index is 14.3. The third-order valence-electron chi connectivity index (χ3n) is 12.5. The summed E-state index contributed by atoms with van der Waals surface area (Å²) in [6.07, 6.45) is 1.59. The first kappa shape index (κ1) is 43.8. The Bertz CT molecular complexity index is 2930. The van der Waals surface area contributed by atoms with Crippen molar-refractivity contribution >= 4 is 39.1 Å². The molecule has 1 atom stereocenters. The number of carboxylic acid groups (broad SMARTS) is 1. The lowest BCUT2D eigenvalue weighted by Crippen LogP contribution is -2.68. The highest BCUT2D eigenvalue weighted by Gasteiger charge is 2.46. The monoisotopic (exact) mass is 928 g/mol. The van der Waals surface area contributed by atoms with E-state index in [1.807, 2.05) is 55.5 Å². The summed E-state index contributed by atoms with van der Waals surface area (Å²) >= 11 is 8.84. The van der Waals surface area contributed by atoms with Gasteiger partial charge in [-0.2, -0.15) is 0 Å². The van der Waals surface area contributed by atoms with E-state index in [9.17, 15) is 14.3 Å². The average molecular weight is 929 g/mol. The number of rotatable bonds is 10. The first-order valence-electron chi connectivity index (χ1n) is 21.7. The van der Waals surface area contributed by atoms with Gasteiger partial charge in [-0.05, 0) is 76.7 Å². The number of hydrogen-bond acceptors (Lipinski definition) is 13. The van der Waals surface area contributed by atoms with Crippen molar-refractivity contribution in [1.29, 1.82) is 0 Å². The van der Waals surface area contributed by atoms with Crippen LogP contribution in [0.5, 0.6) is 17.4 Å². The molecule has 338 valence electrons. The van der Waals surface area contributed by atoms with Gasteiger partial charge in [0.1, 0.15) is 35.1 Å². The summed E-state index contributed by atoms with van der Waals surface area (Å²) < 4.78 is 44.6. The highest BCUT2D eigenvalue weighted by Crippen LogP contribution is 2.49. The lowest BCUT2D eigenvalue weighted by atomic mass is 9.92. The number of carbonyl (C=O) groups is 1. The van der Waals surface area contributed by atoms with Gasteiger partial charge >= 0.3 is 5.97 Å². The number of fused-ring (bicyclic) bond motifs is 6. The Morgan fingerprint density at radius 3 is 2.53 bits per heavy atom. The van der Waals surface area contributed by atoms with E-state index in [1.165, 1.54) is 29.8 Å². The maximum atomic E-state index is 14.3. The number of methoxy groups -OCH3 is 1. The first-order chi connectivity index (χ1) is 32.2. The van der Waals surface area contributed by atoms with E-state index in [0.717, 1.165) is 56.9 Å². The number of aliphatic carboxylic acids is 1. The van der Waals surface area contributed by atoms with E-state index in [-0.39, 0.29) is 30.3 Å². The molecule has 1 N–H and O–H groups in total. The summed E-state index contributed by atoms with van der Waals surface area (Å²) in [4.78, 5) is 38.1. The van der Waals surface area contributed by atoms with Crippen LogP contribution >= 0.6 is 22.9 Å². The second-order valence-electron chi connectivity index (χ2n) is 16.8. The molecule has 13 nitrogen and oxygen atoms in total. The van der Waals surface area contributed by atoms with Crippen LogP contribution in [0.2, 0.25) is 5.02 Å². The number of ether oxygens (including phenoxy) is 5. The number of carboxylic acids is 1. The predicted molar refractivity (Wildman–Crippen MR) is 249 cm³/mol. The van der Waals surface area contributed by atoms with Gasteiger partial charge in [0, 0.05) is 60.8 Å². The molecule has 2 saturated heterocycles. The molecule has 0 spiro atoms. The van der Waals surface area contributed by atoms with E-state index in [1.54, 1.807) is 31.5 Å². The highest BCUT2D eigenvalue weighted by molar-refractivity contribution is 7.22. The Labute approximate surface area is 389 Å². The van der Waals surface area contributed by atoms with Crippen LogP contribution < -0.4 is 14.2 Å². The fourth-order valence-electron chi connectivity index (χ4n) is 9.16. The van der Waals surface area contributed by atoms with Crippen LogP contribution in [0.25, 0.3) is 43.2 Å². The second kappa shape index (κ2) is 18.7. The zero-order valence-corrected chi connectivity index (χ0v) is 37.9. The summed E-state index contributed by atoms with van der Waals surface area (Å²) in [5, 5.41) is 12.0. The van der Waals surface area contributed by atoms with Gasteiger partial charge in [-0.1, -0.05) is 60.1 Å². The molecule has 7 heterocycles. The summed E-state index contributed by atoms with van der Waals surface area (Å²) in [5.41, 5.74) is 6.75. The highest BCUT2D eigenvalue weighted by atomic mass is 35.5. The SMILES string of the molecule is COc1ccccc1-c1nccc(COc2ccc3cc2CC(C(=O)O)Oc2ncnc4sc(-c5ccc(F)cc5)c(c24)-c2ccc(c(Cl)c2C)CN(CC2(N4CCOCC4)COC2)C3)n1. The normalized spacial score (nSPS) is 17.5. The lowest BCUT2D eigenvalue weighted by Gasteiger charge is -2.52. The van der Waals surface area contributed by atoms with E-state index in [4.69, 9.17) is 40.3 Å². The van der Waals surface area contributed by atoms with Crippen molar-refractivity contribution in [3.05, 3.63) is 136 Å². The van der Waals surface area contributed by atoms with Crippen LogP contribution in [0, 0.1) is 12.7 Å². The van der Waals surface area contributed by atoms with E-state index in [0.29, 0.717) is 89.9 Å². The van der Waals surface area contributed by atoms with Gasteiger partial charge in [0.15, 0.2) is 5.82 Å². The Balaban J connectivity index is 1.09. The molecule has 11 rings (SSSR count). The lowest BCUT2D eigenvalue weighted by molar-refractivity contribution is -0.170. The molecule has 0 amide bonds. The minimum absolute atomic E-state index is 0.0608. The molecule has 4 aliphatic heterocycles. The number of nitrogens with zero attached hydrogens (tertiary/aromatic N) is 6. The van der Waals surface area contributed by atoms with Gasteiger partial charge in [-0.25, -0.2) is 29.1 Å². The number of hydrogen-bond donors (Lipinski definition) is 1. The molecule has 0 aliphatic carbocycles. The van der Waals surface area contributed by atoms with Crippen LogP contribution in [0.3, 0.4) is 0 Å². The quantitative estimate of drug-likeness (QED) is 0.140. The number of benzene rings is 4. The van der Waals surface area contributed by atoms with E-state index >= 15 is 0 Å². The largest absolute Gasteiger partial charge is 0.496 e. The number of morpholine rings is 1. The third kappa shape index (κ3) is 8.70. The Kier molecular flexibility index (Phi) is 12.4. The summed E-state index contributed by atoms with van der Waals surface area (Å²) in [7, 11) is 1.60. The first-order valence-corrected chi connectivity index (χ1v) is 22.9. The van der Waals surface area contributed by atoms with Crippen molar-refractivity contribution in [1.82, 2.24) is 29.7 Å². The molecular formula is C50H46ClFN6O7S. The van der Waals surface area contributed by atoms with Gasteiger partial charge in [0.2, 0.25) is 12.0 Å². The minimum atomic E-state index is -1.40. The van der Waals surface area contributed by atoms with Crippen LogP contribution in [0.15, 0.2) is 97.5 Å². The predicted octanol–water partition coefficient (Wildman–Crippen LogP) is 8.66. The van der Waals surface area contributed by atoms with Crippen molar-refractivity contribution in [2.75, 3.05) is 53.2 Å². The van der Waals surface area contributed by atoms with Gasteiger partial charge in [-0.15, -0.1) is 11.3 Å². The molecule has 4 aromatic carbocycles. The van der Waals surface area contributed by atoms with Gasteiger partial charge in [0.05, 0.1) is 55.7 Å². The topological polar surface area (TPSA) is 141 Å². The van der Waals surface area contributed by atoms with Crippen LogP contribution in [-0.4, -0.2) is 106 Å². The van der Waals surface area contributed by atoms with Gasteiger partial charge < -0.3 is 28.8 Å². The van der Waals surface area contributed by atoms with E-state index in [2.05, 4.69) is 30.8 Å². The molecule has 4 bridgehead atoms. The second-order valence-corrected chi connectivity index (χ2v) is 18.2.